The van der Waals surface area contributed by atoms with Gasteiger partial charge in [-0.3, -0.25) is 0 Å². The maximum Gasteiger partial charge on any atom is 0.129 e. The molecule has 2 rings (SSSR count). The fraction of sp³-hybridized carbons (Fsp3) is 0.778. The lowest BCUT2D eigenvalue weighted by Crippen LogP contribution is -2.54. The Labute approximate surface area is 103 Å². The van der Waals surface area contributed by atoms with Crippen molar-refractivity contribution in [1.29, 1.82) is 0 Å². The highest BCUT2D eigenvalue weighted by Gasteiger charge is 2.44. The van der Waals surface area contributed by atoms with Gasteiger partial charge in [0, 0.05) is 6.20 Å². The van der Waals surface area contributed by atoms with Crippen LogP contribution in [0.5, 0.6) is 0 Å². The summed E-state index contributed by atoms with van der Waals surface area (Å²) in [5.41, 5.74) is -0.114. The number of nitrogens with zero attached hydrogens (tertiary/aromatic N) is 3. The minimum absolute atomic E-state index is 0.352. The normalized spacial score (nSPS) is 38.3. The van der Waals surface area contributed by atoms with Crippen molar-refractivity contribution in [3.05, 3.63) is 11.9 Å². The van der Waals surface area contributed by atoms with Crippen LogP contribution in [0.4, 0.5) is 0 Å². The lowest BCUT2D eigenvalue weighted by molar-refractivity contribution is -0.178. The number of aliphatic hydroxyl groups is 3. The molecule has 3 N–H and O–H groups in total. The summed E-state index contributed by atoms with van der Waals surface area (Å²) in [6.45, 7) is 1.40. The molecule has 0 spiro atoms. The van der Waals surface area contributed by atoms with Gasteiger partial charge in [-0.15, -0.1) is 17.7 Å². The van der Waals surface area contributed by atoms with Crippen LogP contribution in [0.2, 0.25) is 0 Å². The third kappa shape index (κ3) is 2.31. The van der Waals surface area contributed by atoms with E-state index < -0.39 is 29.8 Å². The van der Waals surface area contributed by atoms with Crippen LogP contribution in [0.15, 0.2) is 6.20 Å². The molecule has 1 saturated heterocycles. The Balaban J connectivity index is 2.28. The van der Waals surface area contributed by atoms with E-state index in [1.54, 1.807) is 13.1 Å². The van der Waals surface area contributed by atoms with E-state index in [0.717, 1.165) is 0 Å². The second-order valence-electron chi connectivity index (χ2n) is 4.06. The van der Waals surface area contributed by atoms with Gasteiger partial charge in [-0.1, -0.05) is 5.21 Å². The fourth-order valence-electron chi connectivity index (χ4n) is 1.91. The van der Waals surface area contributed by atoms with E-state index in [1.165, 1.54) is 4.68 Å². The van der Waals surface area contributed by atoms with E-state index in [0.29, 0.717) is 5.69 Å². The second-order valence-corrected chi connectivity index (χ2v) is 4.57. The highest BCUT2D eigenvalue weighted by Crippen LogP contribution is 2.31. The summed E-state index contributed by atoms with van der Waals surface area (Å²) >= 11 is 4.07. The van der Waals surface area contributed by atoms with Gasteiger partial charge >= 0.3 is 0 Å². The molecule has 0 amide bonds. The molecule has 2 heterocycles. The van der Waals surface area contributed by atoms with Crippen molar-refractivity contribution < 1.29 is 20.1 Å². The number of rotatable bonds is 2. The third-order valence-electron chi connectivity index (χ3n) is 2.80. The molecule has 7 nitrogen and oxygen atoms in total. The molecule has 5 atom stereocenters. The number of ether oxygens (including phenoxy) is 1. The van der Waals surface area contributed by atoms with Gasteiger partial charge in [-0.05, 0) is 6.92 Å². The van der Waals surface area contributed by atoms with Gasteiger partial charge in [-0.2, -0.15) is 0 Å². The van der Waals surface area contributed by atoms with Crippen LogP contribution in [-0.2, 0) is 4.74 Å². The van der Waals surface area contributed by atoms with Crippen molar-refractivity contribution >= 4 is 12.6 Å². The first kappa shape index (κ1) is 12.8. The zero-order valence-electron chi connectivity index (χ0n) is 9.21. The molecule has 1 aliphatic heterocycles. The SMILES string of the molecule is Cc1cn(C2C(O)[C@@H](S)OC(CO)[C@@H]2O)nn1. The Morgan fingerprint density at radius 3 is 2.71 bits per heavy atom. The Morgan fingerprint density at radius 1 is 1.47 bits per heavy atom. The van der Waals surface area contributed by atoms with E-state index in [2.05, 4.69) is 22.9 Å². The van der Waals surface area contributed by atoms with Gasteiger partial charge in [-0.25, -0.2) is 4.68 Å². The molecule has 8 heteroatoms. The summed E-state index contributed by atoms with van der Waals surface area (Å²) in [4.78, 5) is 0. The predicted molar refractivity (Wildman–Crippen MR) is 60.5 cm³/mol. The lowest BCUT2D eigenvalue weighted by atomic mass is 9.97. The Bertz CT molecular complexity index is 388. The van der Waals surface area contributed by atoms with Gasteiger partial charge in [0.05, 0.1) is 12.3 Å². The van der Waals surface area contributed by atoms with Crippen molar-refractivity contribution in [2.45, 2.75) is 36.7 Å². The van der Waals surface area contributed by atoms with Gasteiger partial charge in [0.2, 0.25) is 0 Å². The van der Waals surface area contributed by atoms with Crippen LogP contribution in [0, 0.1) is 6.92 Å². The van der Waals surface area contributed by atoms with Gasteiger partial charge in [0.15, 0.2) is 0 Å². The largest absolute Gasteiger partial charge is 0.394 e. The predicted octanol–water partition coefficient (Wildman–Crippen LogP) is -1.50. The number of hydrogen-bond acceptors (Lipinski definition) is 7. The summed E-state index contributed by atoms with van der Waals surface area (Å²) in [5, 5.41) is 36.7. The summed E-state index contributed by atoms with van der Waals surface area (Å²) in [6.07, 6.45) is -1.29. The smallest absolute Gasteiger partial charge is 0.129 e. The minimum atomic E-state index is -1.07. The summed E-state index contributed by atoms with van der Waals surface area (Å²) in [6, 6.07) is -0.732. The first-order valence-electron chi connectivity index (χ1n) is 5.23. The zero-order valence-corrected chi connectivity index (χ0v) is 10.1. The molecule has 1 fully saturated rings. The Morgan fingerprint density at radius 2 is 2.18 bits per heavy atom. The number of aromatic nitrogens is 3. The number of aliphatic hydroxyl groups excluding tert-OH is 3. The quantitative estimate of drug-likeness (QED) is 0.483. The maximum atomic E-state index is 10.0. The maximum absolute atomic E-state index is 10.0. The first-order chi connectivity index (χ1) is 8.04. The van der Waals surface area contributed by atoms with Crippen molar-refractivity contribution in [2.75, 3.05) is 6.61 Å². The number of hydrogen-bond donors (Lipinski definition) is 4. The average molecular weight is 261 g/mol. The van der Waals surface area contributed by atoms with Crippen molar-refractivity contribution in [2.24, 2.45) is 0 Å². The molecule has 0 bridgehead atoms. The van der Waals surface area contributed by atoms with Gasteiger partial charge in [0.25, 0.3) is 0 Å². The van der Waals surface area contributed by atoms with E-state index in [9.17, 15) is 10.2 Å². The average Bonchev–Trinajstić information content (AvgIpc) is 2.70. The lowest BCUT2D eigenvalue weighted by Gasteiger charge is -2.40. The van der Waals surface area contributed by atoms with Crippen LogP contribution in [0.25, 0.3) is 0 Å². The van der Waals surface area contributed by atoms with E-state index in [4.69, 9.17) is 9.84 Å². The molecule has 0 saturated carbocycles. The molecule has 1 aromatic rings. The van der Waals surface area contributed by atoms with Crippen LogP contribution in [0.1, 0.15) is 11.7 Å². The molecule has 1 aliphatic rings. The van der Waals surface area contributed by atoms with E-state index in [-0.39, 0.29) is 6.61 Å². The Kier molecular flexibility index (Phi) is 3.69. The molecular weight excluding hydrogens is 246 g/mol. The van der Waals surface area contributed by atoms with Crippen molar-refractivity contribution in [1.82, 2.24) is 15.0 Å². The van der Waals surface area contributed by atoms with E-state index >= 15 is 0 Å². The van der Waals surface area contributed by atoms with Gasteiger partial charge in [0.1, 0.15) is 29.8 Å². The minimum Gasteiger partial charge on any atom is -0.394 e. The first-order valence-corrected chi connectivity index (χ1v) is 5.75. The molecule has 0 aromatic carbocycles. The molecule has 0 aliphatic carbocycles. The highest BCUT2D eigenvalue weighted by molar-refractivity contribution is 7.80. The standard InChI is InChI=1S/C9H15N3O4S/c1-4-2-12(11-10-4)6-7(14)5(3-13)16-9(17)8(6)15/h2,5-9,13-15,17H,3H2,1H3/t5?,6?,7-,8?,9+/m0/s1. The summed E-state index contributed by atoms with van der Waals surface area (Å²) < 4.78 is 6.55. The van der Waals surface area contributed by atoms with Crippen LogP contribution in [-0.4, -0.2) is 60.7 Å². The fourth-order valence-corrected chi connectivity index (χ4v) is 2.24. The number of aryl methyl sites for hydroxylation is 1. The van der Waals surface area contributed by atoms with E-state index in [1.807, 2.05) is 0 Å². The summed E-state index contributed by atoms with van der Waals surface area (Å²) in [7, 11) is 0. The van der Waals surface area contributed by atoms with Crippen molar-refractivity contribution in [3.8, 4) is 0 Å². The third-order valence-corrected chi connectivity index (χ3v) is 3.22. The van der Waals surface area contributed by atoms with Crippen LogP contribution < -0.4 is 0 Å². The molecule has 96 valence electrons. The molecule has 1 aromatic heterocycles. The molecular formula is C9H15N3O4S. The number of thiol groups is 1. The molecule has 17 heavy (non-hydrogen) atoms. The zero-order chi connectivity index (χ0) is 12.6. The monoisotopic (exact) mass is 261 g/mol. The molecule has 0 radical (unpaired) electrons. The van der Waals surface area contributed by atoms with Gasteiger partial charge < -0.3 is 20.1 Å². The molecule has 3 unspecified atom stereocenters. The highest BCUT2D eigenvalue weighted by atomic mass is 32.1. The van der Waals surface area contributed by atoms with Crippen LogP contribution in [0.3, 0.4) is 0 Å². The van der Waals surface area contributed by atoms with Crippen molar-refractivity contribution in [3.63, 3.8) is 0 Å². The topological polar surface area (TPSA) is 101 Å². The second kappa shape index (κ2) is 4.91. The summed E-state index contributed by atoms with van der Waals surface area (Å²) in [5.74, 6) is 0. The van der Waals surface area contributed by atoms with Crippen LogP contribution >= 0.6 is 12.6 Å². The Hall–Kier alpha value is -0.670.